The first kappa shape index (κ1) is 49.0. The number of rotatable bonds is 27. The largest absolute Gasteiger partial charge is 2.00 e. The van der Waals surface area contributed by atoms with E-state index in [9.17, 15) is 5.53 Å². The zero-order valence-electron chi connectivity index (χ0n) is 34.4. The van der Waals surface area contributed by atoms with Crippen molar-refractivity contribution in [1.29, 1.82) is 0 Å². The third-order valence-corrected chi connectivity index (χ3v) is 10.3. The summed E-state index contributed by atoms with van der Waals surface area (Å²) < 4.78 is 1.57. The second kappa shape index (κ2) is 29.5. The van der Waals surface area contributed by atoms with E-state index in [2.05, 4.69) is 77.1 Å². The molecule has 3 rings (SSSR count). The first-order valence-corrected chi connectivity index (χ1v) is 20.7. The summed E-state index contributed by atoms with van der Waals surface area (Å²) in [5.41, 5.74) is 23.5. The monoisotopic (exact) mass is 741 g/mol. The van der Waals surface area contributed by atoms with Crippen LogP contribution in [0.5, 0.6) is 0 Å². The van der Waals surface area contributed by atoms with E-state index in [1.165, 1.54) is 155 Å². The summed E-state index contributed by atoms with van der Waals surface area (Å²) in [7, 11) is 0. The van der Waals surface area contributed by atoms with Crippen LogP contribution in [0.4, 0.5) is 0 Å². The molecule has 1 aliphatic heterocycles. The molecule has 0 fully saturated rings. The normalized spacial score (nSPS) is 12.4. The number of nitrogens with zero attached hydrogens (tertiary/aromatic N) is 2. The molecule has 0 aliphatic carbocycles. The van der Waals surface area contributed by atoms with Crippen LogP contribution in [-0.2, 0) is 42.2 Å². The van der Waals surface area contributed by atoms with Gasteiger partial charge in [-0.15, -0.1) is 0 Å². The minimum atomic E-state index is 0. The Balaban J connectivity index is 0.00000833. The van der Waals surface area contributed by atoms with E-state index >= 15 is 0 Å². The Kier molecular flexibility index (Phi) is 28.3. The number of hydrogen-bond acceptors (Lipinski definition) is 0. The van der Waals surface area contributed by atoms with Gasteiger partial charge in [0.1, 0.15) is 0 Å². The molecular formula is C48H78N2Ni. The first-order chi connectivity index (χ1) is 23.5. The van der Waals surface area contributed by atoms with Gasteiger partial charge in [-0.1, -0.05) is 143 Å². The summed E-state index contributed by atoms with van der Waals surface area (Å²) in [5, 5.41) is 0. The fourth-order valence-corrected chi connectivity index (χ4v) is 7.39. The Morgan fingerprint density at radius 3 is 1.16 bits per heavy atom. The van der Waals surface area contributed by atoms with Crippen LogP contribution >= 0.6 is 0 Å². The summed E-state index contributed by atoms with van der Waals surface area (Å²) in [4.78, 5) is 0. The third-order valence-electron chi connectivity index (χ3n) is 10.3. The van der Waals surface area contributed by atoms with Crippen molar-refractivity contribution in [2.75, 3.05) is 0 Å². The quantitative estimate of drug-likeness (QED) is 0.0377. The second-order valence-electron chi connectivity index (χ2n) is 14.8. The molecule has 0 bridgehead atoms. The Labute approximate surface area is 328 Å². The van der Waals surface area contributed by atoms with Crippen LogP contribution in [0.3, 0.4) is 0 Å². The van der Waals surface area contributed by atoms with Gasteiger partial charge in [0.05, 0.1) is 0 Å². The van der Waals surface area contributed by atoms with Gasteiger partial charge in [0, 0.05) is 22.8 Å². The van der Waals surface area contributed by atoms with Gasteiger partial charge in [0.15, 0.2) is 0 Å². The van der Waals surface area contributed by atoms with Crippen LogP contribution in [0, 0.1) is 14.9 Å². The maximum atomic E-state index is 12.1. The zero-order valence-corrected chi connectivity index (χ0v) is 35.4. The van der Waals surface area contributed by atoms with Crippen LogP contribution in [0.2, 0.25) is 0 Å². The fourth-order valence-electron chi connectivity index (χ4n) is 7.39. The molecule has 2 aromatic rings. The molecule has 51 heavy (non-hydrogen) atoms. The smallest absolute Gasteiger partial charge is 0.493 e. The van der Waals surface area contributed by atoms with E-state index in [0.717, 1.165) is 56.3 Å². The summed E-state index contributed by atoms with van der Waals surface area (Å²) in [6.07, 6.45) is 33.5. The van der Waals surface area contributed by atoms with Gasteiger partial charge in [-0.2, -0.15) is 0 Å². The van der Waals surface area contributed by atoms with Crippen molar-refractivity contribution in [3.05, 3.63) is 102 Å². The van der Waals surface area contributed by atoms with Gasteiger partial charge in [-0.25, -0.2) is 4.70 Å². The topological polar surface area (TPSA) is 25.3 Å². The van der Waals surface area contributed by atoms with Crippen molar-refractivity contribution >= 4 is 11.4 Å². The Morgan fingerprint density at radius 2 is 0.745 bits per heavy atom. The standard InChI is InChI=1S/C46H72N2.2CH3.Ni/c1-6-11-16-18-20-24-28-38-31-39(29-25-21-19-17-12-7-2)34-43(33-38)45-37-42(30-15-10-5)46(48(45)47)44-35-40(26-22-13-8-3)32-41(36-44)27-23-14-9-4;;;/h31-37H,6-30H2,1-5H3;2*1H3;/q;2*-1;+2. The van der Waals surface area contributed by atoms with E-state index < -0.39 is 0 Å². The molecule has 0 unspecified atom stereocenters. The maximum absolute atomic E-state index is 12.1. The molecule has 0 saturated carbocycles. The molecule has 0 atom stereocenters. The molecule has 0 radical (unpaired) electrons. The summed E-state index contributed by atoms with van der Waals surface area (Å²) in [6.45, 7) is 11.4. The summed E-state index contributed by atoms with van der Waals surface area (Å²) >= 11 is 0. The van der Waals surface area contributed by atoms with Gasteiger partial charge in [0.25, 0.3) is 0 Å². The van der Waals surface area contributed by atoms with Gasteiger partial charge >= 0.3 is 16.5 Å². The van der Waals surface area contributed by atoms with Crippen molar-refractivity contribution < 1.29 is 21.2 Å². The number of aryl methyl sites for hydroxylation is 4. The van der Waals surface area contributed by atoms with Gasteiger partial charge in [-0.3, -0.25) is 0 Å². The van der Waals surface area contributed by atoms with Gasteiger partial charge in [0.2, 0.25) is 11.4 Å². The number of benzene rings is 2. The number of hydrogen-bond donors (Lipinski definition) is 0. The van der Waals surface area contributed by atoms with Crippen molar-refractivity contribution in [2.24, 2.45) is 0 Å². The van der Waals surface area contributed by atoms with Crippen LogP contribution in [-0.4, -0.2) is 4.70 Å². The minimum absolute atomic E-state index is 0. The molecule has 1 aliphatic rings. The fraction of sp³-hybridized carbons (Fsp3) is 0.625. The second-order valence-corrected chi connectivity index (χ2v) is 14.8. The number of unbranched alkanes of at least 4 members (excludes halogenated alkanes) is 15. The maximum Gasteiger partial charge on any atom is 2.00 e. The first-order valence-electron chi connectivity index (χ1n) is 20.7. The molecule has 290 valence electrons. The molecular weight excluding hydrogens is 663 g/mol. The zero-order chi connectivity index (χ0) is 34.4. The molecule has 1 heterocycles. The molecule has 3 heteroatoms. The molecule has 0 saturated heterocycles. The van der Waals surface area contributed by atoms with Crippen LogP contribution in [0.1, 0.15) is 203 Å². The molecule has 2 aromatic carbocycles. The molecule has 0 aromatic heterocycles. The van der Waals surface area contributed by atoms with Crippen molar-refractivity contribution in [1.82, 2.24) is 0 Å². The van der Waals surface area contributed by atoms with Gasteiger partial charge < -0.3 is 20.4 Å². The van der Waals surface area contributed by atoms with Crippen molar-refractivity contribution in [3.63, 3.8) is 0 Å². The van der Waals surface area contributed by atoms with Gasteiger partial charge in [-0.05, 0) is 111 Å². The molecule has 0 amide bonds. The van der Waals surface area contributed by atoms with Crippen LogP contribution < -0.4 is 0 Å². The Bertz CT molecular complexity index is 1220. The predicted molar refractivity (Wildman–Crippen MR) is 224 cm³/mol. The minimum Gasteiger partial charge on any atom is -0.493 e. The van der Waals surface area contributed by atoms with Crippen LogP contribution in [0.25, 0.3) is 16.9 Å². The third kappa shape index (κ3) is 17.6. The van der Waals surface area contributed by atoms with E-state index in [1.54, 1.807) is 4.70 Å². The molecule has 0 spiro atoms. The van der Waals surface area contributed by atoms with Crippen molar-refractivity contribution in [3.8, 4) is 0 Å². The van der Waals surface area contributed by atoms with E-state index in [4.69, 9.17) is 0 Å². The summed E-state index contributed by atoms with van der Waals surface area (Å²) in [5.74, 6) is 0. The van der Waals surface area contributed by atoms with E-state index in [0.29, 0.717) is 0 Å². The van der Waals surface area contributed by atoms with E-state index in [1.807, 2.05) is 0 Å². The van der Waals surface area contributed by atoms with Crippen molar-refractivity contribution in [2.45, 2.75) is 195 Å². The van der Waals surface area contributed by atoms with E-state index in [-0.39, 0.29) is 31.3 Å². The Morgan fingerprint density at radius 1 is 0.412 bits per heavy atom. The number of allylic oxidation sites excluding steroid dienone is 2. The predicted octanol–water partition coefficient (Wildman–Crippen LogP) is 15.8. The SMILES string of the molecule is CCCCCCCCc1cc(CCCCCCCC)cc(C2=CC(CCCC)=C(c3cc(CCCCC)cc(CCCCC)c3)[N+]2=[N-])c1.[CH3-].[CH3-].[Ni+2]. The molecule has 2 nitrogen and oxygen atoms in total. The molecule has 0 N–H and O–H groups in total. The summed E-state index contributed by atoms with van der Waals surface area (Å²) in [6, 6.07) is 14.5. The van der Waals surface area contributed by atoms with Crippen LogP contribution in [0.15, 0.2) is 48.0 Å². The average molecular weight is 742 g/mol. The average Bonchev–Trinajstić information content (AvgIpc) is 3.42. The Hall–Kier alpha value is -1.99.